The SMILES string of the molecule is C/C(=N\NC(=O)c1ccc(C(=O)NCc2ccc(C(=O)O)cc2)s1)c1csc(-c2ccc(Cl)c(Cl)c2)c1O. The quantitative estimate of drug-likeness (QED) is 0.143. The fourth-order valence-corrected chi connectivity index (χ4v) is 5.43. The molecule has 38 heavy (non-hydrogen) atoms. The van der Waals surface area contributed by atoms with Crippen molar-refractivity contribution in [1.29, 1.82) is 0 Å². The number of nitrogens with zero attached hydrogens (tertiary/aromatic N) is 1. The second kappa shape index (κ2) is 11.8. The van der Waals surface area contributed by atoms with Gasteiger partial charge in [0, 0.05) is 11.9 Å². The van der Waals surface area contributed by atoms with Gasteiger partial charge in [-0.2, -0.15) is 5.10 Å². The highest BCUT2D eigenvalue weighted by molar-refractivity contribution is 7.16. The Bertz CT molecular complexity index is 1560. The number of hydrogen-bond acceptors (Lipinski definition) is 7. The maximum Gasteiger partial charge on any atom is 0.335 e. The predicted octanol–water partition coefficient (Wildman–Crippen LogP) is 6.27. The van der Waals surface area contributed by atoms with Crippen molar-refractivity contribution in [3.8, 4) is 16.2 Å². The van der Waals surface area contributed by atoms with Gasteiger partial charge in [0.1, 0.15) is 5.75 Å². The van der Waals surface area contributed by atoms with Gasteiger partial charge in [0.15, 0.2) is 0 Å². The highest BCUT2D eigenvalue weighted by atomic mass is 35.5. The number of carboxylic acid groups (broad SMARTS) is 1. The second-order valence-electron chi connectivity index (χ2n) is 7.94. The van der Waals surface area contributed by atoms with E-state index in [2.05, 4.69) is 15.8 Å². The Balaban J connectivity index is 1.37. The molecule has 8 nitrogen and oxygen atoms in total. The van der Waals surface area contributed by atoms with Crippen molar-refractivity contribution in [3.05, 3.63) is 96.5 Å². The van der Waals surface area contributed by atoms with E-state index in [1.807, 2.05) is 0 Å². The summed E-state index contributed by atoms with van der Waals surface area (Å²) in [7, 11) is 0. The molecule has 0 bridgehead atoms. The smallest absolute Gasteiger partial charge is 0.335 e. The summed E-state index contributed by atoms with van der Waals surface area (Å²) < 4.78 is 0. The zero-order valence-electron chi connectivity index (χ0n) is 19.6. The van der Waals surface area contributed by atoms with Crippen molar-refractivity contribution >= 4 is 69.4 Å². The van der Waals surface area contributed by atoms with E-state index < -0.39 is 11.9 Å². The lowest BCUT2D eigenvalue weighted by Crippen LogP contribution is -2.22. The average molecular weight is 588 g/mol. The maximum absolute atomic E-state index is 12.6. The number of carbonyl (C=O) groups excluding carboxylic acids is 2. The Kier molecular flexibility index (Phi) is 8.48. The van der Waals surface area contributed by atoms with E-state index in [4.69, 9.17) is 28.3 Å². The van der Waals surface area contributed by atoms with E-state index >= 15 is 0 Å². The van der Waals surface area contributed by atoms with Crippen LogP contribution in [0.2, 0.25) is 10.0 Å². The molecule has 2 amide bonds. The van der Waals surface area contributed by atoms with Crippen LogP contribution in [0.4, 0.5) is 0 Å². The number of benzene rings is 2. The van der Waals surface area contributed by atoms with E-state index in [1.165, 1.54) is 35.6 Å². The summed E-state index contributed by atoms with van der Waals surface area (Å²) in [5.41, 5.74) is 4.90. The van der Waals surface area contributed by atoms with Crippen molar-refractivity contribution in [1.82, 2.24) is 10.7 Å². The molecule has 194 valence electrons. The number of aromatic hydroxyl groups is 1. The first-order chi connectivity index (χ1) is 18.1. The first kappa shape index (κ1) is 27.3. The fourth-order valence-electron chi connectivity index (χ4n) is 3.32. The standard InChI is InChI=1S/C26H19Cl2N3O5S2/c1-13(17-12-37-23(22(17)32)16-6-7-18(27)19(28)10-16)30-31-25(34)21-9-8-20(38-21)24(33)29-11-14-2-4-15(5-3-14)26(35)36/h2-10,12,32H,11H2,1H3,(H,29,33)(H,31,34)(H,35,36)/b30-13+. The molecule has 2 aromatic carbocycles. The van der Waals surface area contributed by atoms with Gasteiger partial charge in [-0.05, 0) is 54.4 Å². The van der Waals surface area contributed by atoms with Crippen LogP contribution in [0.1, 0.15) is 47.8 Å². The largest absolute Gasteiger partial charge is 0.506 e. The van der Waals surface area contributed by atoms with Gasteiger partial charge >= 0.3 is 5.97 Å². The van der Waals surface area contributed by atoms with Crippen molar-refractivity contribution in [2.45, 2.75) is 13.5 Å². The van der Waals surface area contributed by atoms with Gasteiger partial charge in [-0.15, -0.1) is 22.7 Å². The van der Waals surface area contributed by atoms with Crippen LogP contribution < -0.4 is 10.7 Å². The number of aromatic carboxylic acids is 1. The van der Waals surface area contributed by atoms with E-state index in [-0.39, 0.29) is 28.6 Å². The maximum atomic E-state index is 12.6. The Morgan fingerprint density at radius 2 is 1.63 bits per heavy atom. The summed E-state index contributed by atoms with van der Waals surface area (Å²) in [6.07, 6.45) is 0. The van der Waals surface area contributed by atoms with Crippen LogP contribution in [0.25, 0.3) is 10.4 Å². The molecular formula is C26H19Cl2N3O5S2. The van der Waals surface area contributed by atoms with Crippen LogP contribution in [0, 0.1) is 0 Å². The van der Waals surface area contributed by atoms with Gasteiger partial charge < -0.3 is 15.5 Å². The van der Waals surface area contributed by atoms with Gasteiger partial charge in [0.25, 0.3) is 11.8 Å². The van der Waals surface area contributed by atoms with Crippen molar-refractivity contribution in [2.75, 3.05) is 0 Å². The zero-order valence-corrected chi connectivity index (χ0v) is 22.8. The van der Waals surface area contributed by atoms with E-state index in [0.717, 1.165) is 16.9 Å². The van der Waals surface area contributed by atoms with Gasteiger partial charge in [-0.25, -0.2) is 10.2 Å². The lowest BCUT2D eigenvalue weighted by atomic mass is 10.1. The van der Waals surface area contributed by atoms with Crippen LogP contribution in [-0.2, 0) is 6.54 Å². The predicted molar refractivity (Wildman–Crippen MR) is 150 cm³/mol. The van der Waals surface area contributed by atoms with Crippen molar-refractivity contribution < 1.29 is 24.6 Å². The monoisotopic (exact) mass is 587 g/mol. The number of hydrazone groups is 1. The topological polar surface area (TPSA) is 128 Å². The Morgan fingerprint density at radius 1 is 0.947 bits per heavy atom. The molecule has 0 spiro atoms. The third kappa shape index (κ3) is 6.22. The molecule has 0 aliphatic heterocycles. The first-order valence-corrected chi connectivity index (χ1v) is 13.4. The molecule has 4 N–H and O–H groups in total. The highest BCUT2D eigenvalue weighted by Crippen LogP contribution is 2.40. The number of carbonyl (C=O) groups is 3. The Morgan fingerprint density at radius 3 is 2.29 bits per heavy atom. The summed E-state index contributed by atoms with van der Waals surface area (Å²) in [5.74, 6) is -1.88. The molecule has 0 saturated carbocycles. The molecule has 2 aromatic heterocycles. The third-order valence-corrected chi connectivity index (χ3v) is 8.21. The molecule has 0 aliphatic carbocycles. The first-order valence-electron chi connectivity index (χ1n) is 10.9. The molecule has 2 heterocycles. The minimum Gasteiger partial charge on any atom is -0.506 e. The van der Waals surface area contributed by atoms with Crippen LogP contribution in [-0.4, -0.2) is 33.7 Å². The Hall–Kier alpha value is -3.70. The number of carboxylic acids is 1. The molecule has 4 aromatic rings. The van der Waals surface area contributed by atoms with Crippen LogP contribution in [0.15, 0.2) is 65.1 Å². The minimum absolute atomic E-state index is 0.0107. The van der Waals surface area contributed by atoms with Crippen molar-refractivity contribution in [2.24, 2.45) is 5.10 Å². The van der Waals surface area contributed by atoms with Gasteiger partial charge in [-0.3, -0.25) is 9.59 Å². The fraction of sp³-hybridized carbons (Fsp3) is 0.0769. The lowest BCUT2D eigenvalue weighted by Gasteiger charge is -2.04. The Labute approximate surface area is 235 Å². The number of rotatable bonds is 8. The molecule has 0 aliphatic rings. The van der Waals surface area contributed by atoms with Crippen molar-refractivity contribution in [3.63, 3.8) is 0 Å². The summed E-state index contributed by atoms with van der Waals surface area (Å²) in [4.78, 5) is 37.2. The molecule has 0 unspecified atom stereocenters. The average Bonchev–Trinajstić information content (AvgIpc) is 3.55. The molecule has 4 rings (SSSR count). The number of amides is 2. The minimum atomic E-state index is -1.02. The highest BCUT2D eigenvalue weighted by Gasteiger charge is 2.17. The second-order valence-corrected chi connectivity index (χ2v) is 10.7. The van der Waals surface area contributed by atoms with Gasteiger partial charge in [-0.1, -0.05) is 41.4 Å². The zero-order chi connectivity index (χ0) is 27.4. The summed E-state index contributed by atoms with van der Waals surface area (Å²) in [5, 5.41) is 29.0. The molecule has 12 heteroatoms. The van der Waals surface area contributed by atoms with Crippen LogP contribution in [0.3, 0.4) is 0 Å². The molecule has 0 radical (unpaired) electrons. The third-order valence-electron chi connectivity index (χ3n) is 5.37. The normalized spacial score (nSPS) is 11.3. The van der Waals surface area contributed by atoms with Gasteiger partial charge in [0.2, 0.25) is 0 Å². The molecule has 0 atom stereocenters. The van der Waals surface area contributed by atoms with E-state index in [1.54, 1.807) is 42.6 Å². The number of thiophene rings is 2. The molecule has 0 fully saturated rings. The molecule has 0 saturated heterocycles. The van der Waals surface area contributed by atoms with Gasteiger partial charge in [0.05, 0.1) is 41.5 Å². The molecular weight excluding hydrogens is 569 g/mol. The van der Waals surface area contributed by atoms with E-state index in [9.17, 15) is 19.5 Å². The number of nitrogens with one attached hydrogen (secondary N) is 2. The van der Waals surface area contributed by atoms with Crippen LogP contribution >= 0.6 is 45.9 Å². The summed E-state index contributed by atoms with van der Waals surface area (Å²) in [6.45, 7) is 1.85. The lowest BCUT2D eigenvalue weighted by molar-refractivity contribution is 0.0696. The summed E-state index contributed by atoms with van der Waals surface area (Å²) in [6, 6.07) is 14.3. The number of halogens is 2. The van der Waals surface area contributed by atoms with Crippen LogP contribution in [0.5, 0.6) is 5.75 Å². The van der Waals surface area contributed by atoms with E-state index in [0.29, 0.717) is 36.6 Å². The number of hydrogen-bond donors (Lipinski definition) is 4. The summed E-state index contributed by atoms with van der Waals surface area (Å²) >= 11 is 14.4.